The van der Waals surface area contributed by atoms with Crippen molar-refractivity contribution in [2.45, 2.75) is 121 Å². The van der Waals surface area contributed by atoms with E-state index >= 15 is 0 Å². The molecule has 0 aromatic carbocycles. The van der Waals surface area contributed by atoms with Crippen molar-refractivity contribution >= 4 is 22.5 Å². The SMILES string of the molecule is CC(C)(C)[Si](C)(C)OC1C2(O[Si](C)(C)C(C)(C)C)C[C@H](n3ccc(N)nc3=O)O[C@]12C1CC1. The monoisotopic (exact) mass is 493 g/mol. The van der Waals surface area contributed by atoms with Gasteiger partial charge in [0.1, 0.15) is 29.4 Å². The predicted molar refractivity (Wildman–Crippen MR) is 136 cm³/mol. The lowest BCUT2D eigenvalue weighted by molar-refractivity contribution is -0.0759. The third kappa shape index (κ3) is 3.78. The van der Waals surface area contributed by atoms with Gasteiger partial charge in [0.05, 0.1) is 0 Å². The molecule has 9 heteroatoms. The van der Waals surface area contributed by atoms with Crippen LogP contribution < -0.4 is 11.4 Å². The smallest absolute Gasteiger partial charge is 0.351 e. The molecule has 0 bridgehead atoms. The van der Waals surface area contributed by atoms with Crippen LogP contribution in [-0.4, -0.2) is 43.5 Å². The molecule has 1 saturated heterocycles. The number of aromatic nitrogens is 2. The van der Waals surface area contributed by atoms with E-state index in [0.29, 0.717) is 12.3 Å². The first-order valence-corrected chi connectivity index (χ1v) is 18.1. The summed E-state index contributed by atoms with van der Waals surface area (Å²) in [6.45, 7) is 22.8. The molecule has 0 radical (unpaired) electrons. The van der Waals surface area contributed by atoms with Gasteiger partial charge in [-0.15, -0.1) is 0 Å². The molecule has 33 heavy (non-hydrogen) atoms. The van der Waals surface area contributed by atoms with Crippen LogP contribution in [0.4, 0.5) is 5.82 Å². The minimum absolute atomic E-state index is 0.0544. The molecule has 2 N–H and O–H groups in total. The molecular formula is C24H43N3O4Si2. The van der Waals surface area contributed by atoms with Crippen molar-refractivity contribution in [1.82, 2.24) is 9.55 Å². The molecule has 2 unspecified atom stereocenters. The summed E-state index contributed by atoms with van der Waals surface area (Å²) < 4.78 is 22.8. The van der Waals surface area contributed by atoms with Gasteiger partial charge in [0.25, 0.3) is 0 Å². The lowest BCUT2D eigenvalue weighted by Gasteiger charge is -2.41. The quantitative estimate of drug-likeness (QED) is 0.557. The zero-order chi connectivity index (χ0) is 24.8. The van der Waals surface area contributed by atoms with E-state index in [-0.39, 0.29) is 27.7 Å². The molecule has 4 atom stereocenters. The van der Waals surface area contributed by atoms with Crippen molar-refractivity contribution in [2.24, 2.45) is 5.92 Å². The Balaban J connectivity index is 1.76. The molecule has 1 aliphatic heterocycles. The summed E-state index contributed by atoms with van der Waals surface area (Å²) in [7, 11) is -4.22. The highest BCUT2D eigenvalue weighted by Crippen LogP contribution is 2.75. The summed E-state index contributed by atoms with van der Waals surface area (Å²) in [5, 5.41) is 0.142. The van der Waals surface area contributed by atoms with Crippen molar-refractivity contribution in [3.63, 3.8) is 0 Å². The Hall–Kier alpha value is -1.01. The average molecular weight is 494 g/mol. The fourth-order valence-corrected chi connectivity index (χ4v) is 7.70. The second-order valence-electron chi connectivity index (χ2n) is 13.4. The first kappa shape index (κ1) is 25.1. The van der Waals surface area contributed by atoms with Gasteiger partial charge in [0, 0.05) is 12.6 Å². The highest BCUT2D eigenvalue weighted by atomic mass is 28.4. The maximum absolute atomic E-state index is 12.7. The fraction of sp³-hybridized carbons (Fsp3) is 0.833. The van der Waals surface area contributed by atoms with Crippen molar-refractivity contribution in [1.29, 1.82) is 0 Å². The van der Waals surface area contributed by atoms with Gasteiger partial charge in [0.15, 0.2) is 16.6 Å². The lowest BCUT2D eigenvalue weighted by Crippen LogP contribution is -2.48. The van der Waals surface area contributed by atoms with E-state index in [0.717, 1.165) is 12.8 Å². The number of hydrogen-bond acceptors (Lipinski definition) is 6. The minimum Gasteiger partial charge on any atom is -0.408 e. The second-order valence-corrected chi connectivity index (χ2v) is 22.9. The maximum Gasteiger partial charge on any atom is 0.351 e. The van der Waals surface area contributed by atoms with E-state index < -0.39 is 34.1 Å². The summed E-state index contributed by atoms with van der Waals surface area (Å²) in [5.74, 6) is 0.627. The normalized spacial score (nSPS) is 32.7. The Bertz CT molecular complexity index is 993. The van der Waals surface area contributed by atoms with E-state index in [4.69, 9.17) is 19.3 Å². The van der Waals surface area contributed by atoms with Crippen LogP contribution in [0.15, 0.2) is 17.1 Å². The number of ether oxygens (including phenoxy) is 1. The standard InChI is InChI=1S/C24H43N3O4Si2/c1-21(2,3)32(7,8)30-19-23(31-33(9,10)22(4,5)6)15-18(29-24(19,23)16-11-12-16)27-14-13-17(25)26-20(27)28/h13-14,16,18-19H,11-12,15H2,1-10H3,(H2,25,26,28)/t18-,19?,23?,24-/m1/s1. The summed E-state index contributed by atoms with van der Waals surface area (Å²) >= 11 is 0. The van der Waals surface area contributed by atoms with Gasteiger partial charge in [-0.2, -0.15) is 4.98 Å². The molecule has 0 spiro atoms. The molecule has 2 heterocycles. The van der Waals surface area contributed by atoms with Crippen LogP contribution in [0, 0.1) is 5.92 Å². The molecule has 2 aliphatic carbocycles. The van der Waals surface area contributed by atoms with E-state index in [2.05, 4.69) is 72.7 Å². The Morgan fingerprint density at radius 2 is 1.67 bits per heavy atom. The fourth-order valence-electron chi connectivity index (χ4n) is 4.83. The van der Waals surface area contributed by atoms with Crippen LogP contribution in [0.3, 0.4) is 0 Å². The molecule has 1 aromatic rings. The lowest BCUT2D eigenvalue weighted by atomic mass is 10.1. The number of anilines is 1. The number of nitrogen functional groups attached to an aromatic ring is 1. The molecule has 0 amide bonds. The minimum atomic E-state index is -2.15. The first-order chi connectivity index (χ1) is 14.9. The molecule has 1 aromatic heterocycles. The number of hydrogen-bond donors (Lipinski definition) is 1. The second kappa shape index (κ2) is 7.26. The highest BCUT2D eigenvalue weighted by molar-refractivity contribution is 6.75. The molecule has 3 aliphatic rings. The number of rotatable bonds is 6. The van der Waals surface area contributed by atoms with Crippen LogP contribution >= 0.6 is 0 Å². The van der Waals surface area contributed by atoms with Gasteiger partial charge in [-0.1, -0.05) is 41.5 Å². The Morgan fingerprint density at radius 3 is 2.15 bits per heavy atom. The van der Waals surface area contributed by atoms with Gasteiger partial charge in [-0.25, -0.2) is 4.79 Å². The van der Waals surface area contributed by atoms with Gasteiger partial charge >= 0.3 is 5.69 Å². The average Bonchev–Trinajstić information content (AvgIpc) is 3.51. The van der Waals surface area contributed by atoms with Crippen LogP contribution in [0.2, 0.25) is 36.3 Å². The zero-order valence-corrected chi connectivity index (χ0v) is 24.1. The van der Waals surface area contributed by atoms with Crippen molar-refractivity contribution in [3.8, 4) is 0 Å². The zero-order valence-electron chi connectivity index (χ0n) is 22.1. The van der Waals surface area contributed by atoms with Crippen LogP contribution in [0.25, 0.3) is 0 Å². The van der Waals surface area contributed by atoms with E-state index in [1.165, 1.54) is 0 Å². The van der Waals surface area contributed by atoms with E-state index in [1.54, 1.807) is 16.8 Å². The van der Waals surface area contributed by atoms with E-state index in [1.807, 2.05) is 0 Å². The first-order valence-electron chi connectivity index (χ1n) is 12.3. The summed E-state index contributed by atoms with van der Waals surface area (Å²) in [5.41, 5.74) is 4.33. The third-order valence-corrected chi connectivity index (χ3v) is 17.9. The van der Waals surface area contributed by atoms with Crippen molar-refractivity contribution in [3.05, 3.63) is 22.7 Å². The molecule has 2 saturated carbocycles. The van der Waals surface area contributed by atoms with Gasteiger partial charge in [0.2, 0.25) is 0 Å². The summed E-state index contributed by atoms with van der Waals surface area (Å²) in [4.78, 5) is 16.6. The largest absolute Gasteiger partial charge is 0.408 e. The van der Waals surface area contributed by atoms with Crippen LogP contribution in [0.5, 0.6) is 0 Å². The summed E-state index contributed by atoms with van der Waals surface area (Å²) in [6, 6.07) is 1.66. The molecular weight excluding hydrogens is 450 g/mol. The third-order valence-electron chi connectivity index (χ3n) is 9.01. The van der Waals surface area contributed by atoms with Crippen LogP contribution in [0.1, 0.15) is 67.0 Å². The Labute approximate surface area is 200 Å². The number of fused-ring (bicyclic) bond motifs is 1. The summed E-state index contributed by atoms with van der Waals surface area (Å²) in [6.07, 6.45) is 4.01. The Morgan fingerprint density at radius 1 is 1.09 bits per heavy atom. The van der Waals surface area contributed by atoms with Gasteiger partial charge in [-0.05, 0) is 61.1 Å². The topological polar surface area (TPSA) is 88.6 Å². The number of nitrogens with two attached hydrogens (primary N) is 1. The van der Waals surface area contributed by atoms with Gasteiger partial charge in [-0.3, -0.25) is 4.57 Å². The number of nitrogens with zero attached hydrogens (tertiary/aromatic N) is 2. The van der Waals surface area contributed by atoms with E-state index in [9.17, 15) is 4.79 Å². The van der Waals surface area contributed by atoms with Crippen LogP contribution in [-0.2, 0) is 13.6 Å². The molecule has 7 nitrogen and oxygen atoms in total. The molecule has 4 rings (SSSR count). The van der Waals surface area contributed by atoms with Crippen molar-refractivity contribution in [2.75, 3.05) is 5.73 Å². The molecule has 186 valence electrons. The predicted octanol–water partition coefficient (Wildman–Crippen LogP) is 5.06. The maximum atomic E-state index is 12.7. The highest BCUT2D eigenvalue weighted by Gasteiger charge is 2.89. The van der Waals surface area contributed by atoms with Gasteiger partial charge < -0.3 is 19.3 Å². The van der Waals surface area contributed by atoms with Crippen molar-refractivity contribution < 1.29 is 13.6 Å². The molecule has 3 fully saturated rings. The Kier molecular flexibility index (Phi) is 5.52.